The minimum atomic E-state index is -1.01. The Morgan fingerprint density at radius 2 is 1.26 bits per heavy atom. The summed E-state index contributed by atoms with van der Waals surface area (Å²) in [7, 11) is 1.42. The average Bonchev–Trinajstić information content (AvgIpc) is 2.76. The topological polar surface area (TPSA) is 124 Å². The second-order valence-corrected chi connectivity index (χ2v) is 6.25. The maximum atomic E-state index is 11.5. The zero-order valence-corrected chi connectivity index (χ0v) is 17.1. The smallest absolute Gasteiger partial charge is 0.303 e. The zero-order chi connectivity index (χ0) is 23.1. The number of para-hydroxylation sites is 3. The van der Waals surface area contributed by atoms with E-state index in [1.54, 1.807) is 66.7 Å². The van der Waals surface area contributed by atoms with Crippen LogP contribution in [0.3, 0.4) is 0 Å². The molecule has 0 bridgehead atoms. The molecule has 164 valence electrons. The summed E-state index contributed by atoms with van der Waals surface area (Å²) in [5.41, 5.74) is 0.444. The van der Waals surface area contributed by atoms with Crippen molar-refractivity contribution in [2.24, 2.45) is 0 Å². The molecule has 3 rings (SSSR count). The molecule has 4 N–H and O–H groups in total. The number of ketones is 1. The fraction of sp³-hybridized carbons (Fsp3) is 0.167. The van der Waals surface area contributed by atoms with Crippen molar-refractivity contribution < 1.29 is 34.8 Å². The van der Waals surface area contributed by atoms with E-state index >= 15 is 0 Å². The molecule has 0 spiro atoms. The molecule has 0 aliphatic heterocycles. The predicted octanol–water partition coefficient (Wildman–Crippen LogP) is 4.16. The van der Waals surface area contributed by atoms with Crippen molar-refractivity contribution in [3.63, 3.8) is 0 Å². The summed E-state index contributed by atoms with van der Waals surface area (Å²) in [6.45, 7) is 0. The largest absolute Gasteiger partial charge is 0.508 e. The Balaban J connectivity index is 0.000000279. The van der Waals surface area contributed by atoms with Crippen molar-refractivity contribution in [1.82, 2.24) is 0 Å². The quantitative estimate of drug-likeness (QED) is 0.466. The summed E-state index contributed by atoms with van der Waals surface area (Å²) in [5.74, 6) is -0.360. The van der Waals surface area contributed by atoms with Gasteiger partial charge in [-0.2, -0.15) is 0 Å². The lowest BCUT2D eigenvalue weighted by Gasteiger charge is -2.07. The number of Topliss-reactive ketones (excluding diaryl/α,β-unsaturated/α-hetero) is 1. The average molecular weight is 426 g/mol. The minimum absolute atomic E-state index is 0.0102. The number of phenolic OH excluding ortho intramolecular Hbond substituents is 3. The number of hydrogen-bond acceptors (Lipinski definition) is 6. The molecule has 7 nitrogen and oxygen atoms in total. The molecule has 0 aromatic heterocycles. The van der Waals surface area contributed by atoms with Crippen molar-refractivity contribution in [2.75, 3.05) is 7.11 Å². The van der Waals surface area contributed by atoms with E-state index in [1.807, 2.05) is 12.1 Å². The SMILES string of the molecule is COc1cccc(CC(=O)CCC(=O)O)c1O.Oc1ccccc1.Oc1ccccc1. The van der Waals surface area contributed by atoms with Crippen LogP contribution in [0.1, 0.15) is 18.4 Å². The Labute approximate surface area is 180 Å². The van der Waals surface area contributed by atoms with Crippen molar-refractivity contribution in [2.45, 2.75) is 19.3 Å². The first-order valence-electron chi connectivity index (χ1n) is 9.39. The Kier molecular flexibility index (Phi) is 11.4. The third-order valence-electron chi connectivity index (χ3n) is 3.82. The maximum Gasteiger partial charge on any atom is 0.303 e. The summed E-state index contributed by atoms with van der Waals surface area (Å²) in [5, 5.41) is 35.4. The van der Waals surface area contributed by atoms with Crippen LogP contribution in [-0.2, 0) is 16.0 Å². The van der Waals surface area contributed by atoms with Crippen LogP contribution in [0.5, 0.6) is 23.0 Å². The van der Waals surface area contributed by atoms with Crippen LogP contribution in [0, 0.1) is 0 Å². The van der Waals surface area contributed by atoms with Crippen LogP contribution in [0.15, 0.2) is 78.9 Å². The molecule has 3 aromatic rings. The Bertz CT molecular complexity index is 888. The zero-order valence-electron chi connectivity index (χ0n) is 17.1. The van der Waals surface area contributed by atoms with Crippen LogP contribution in [0.4, 0.5) is 0 Å². The van der Waals surface area contributed by atoms with Gasteiger partial charge in [-0.25, -0.2) is 0 Å². The Morgan fingerprint density at radius 3 is 1.65 bits per heavy atom. The Hall–Kier alpha value is -4.00. The predicted molar refractivity (Wildman–Crippen MR) is 116 cm³/mol. The molecule has 31 heavy (non-hydrogen) atoms. The number of aliphatic carboxylic acids is 1. The number of aromatic hydroxyl groups is 3. The highest BCUT2D eigenvalue weighted by Gasteiger charge is 2.12. The van der Waals surface area contributed by atoms with Gasteiger partial charge in [0.25, 0.3) is 0 Å². The van der Waals surface area contributed by atoms with E-state index in [4.69, 9.17) is 20.1 Å². The highest BCUT2D eigenvalue weighted by atomic mass is 16.5. The molecule has 0 atom stereocenters. The minimum Gasteiger partial charge on any atom is -0.508 e. The van der Waals surface area contributed by atoms with Crippen LogP contribution < -0.4 is 4.74 Å². The molecule has 7 heteroatoms. The summed E-state index contributed by atoms with van der Waals surface area (Å²) in [6, 6.07) is 22.3. The molecule has 0 heterocycles. The first kappa shape index (κ1) is 25.0. The maximum absolute atomic E-state index is 11.5. The van der Waals surface area contributed by atoms with E-state index in [1.165, 1.54) is 7.11 Å². The van der Waals surface area contributed by atoms with Gasteiger partial charge in [0.05, 0.1) is 13.5 Å². The second kappa shape index (κ2) is 14.1. The fourth-order valence-electron chi connectivity index (χ4n) is 2.28. The van der Waals surface area contributed by atoms with Crippen molar-refractivity contribution in [1.29, 1.82) is 0 Å². The molecule has 0 saturated carbocycles. The van der Waals surface area contributed by atoms with Crippen LogP contribution in [-0.4, -0.2) is 39.3 Å². The molecule has 0 saturated heterocycles. The molecule has 0 aliphatic carbocycles. The van der Waals surface area contributed by atoms with Crippen LogP contribution in [0.25, 0.3) is 0 Å². The second-order valence-electron chi connectivity index (χ2n) is 6.25. The number of carboxylic acids is 1. The van der Waals surface area contributed by atoms with Crippen LogP contribution in [0.2, 0.25) is 0 Å². The standard InChI is InChI=1S/C12H14O5.2C6H6O/c1-17-10-4-2-3-8(12(10)16)7-9(13)5-6-11(14)15;2*7-6-4-2-1-3-5-6/h2-4,16H,5-7H2,1H3,(H,14,15);2*1-5,7H. The lowest BCUT2D eigenvalue weighted by atomic mass is 10.0. The van der Waals surface area contributed by atoms with Crippen molar-refractivity contribution in [3.05, 3.63) is 84.4 Å². The van der Waals surface area contributed by atoms with Crippen molar-refractivity contribution in [3.8, 4) is 23.0 Å². The monoisotopic (exact) mass is 426 g/mol. The van der Waals surface area contributed by atoms with Gasteiger partial charge in [0.1, 0.15) is 17.3 Å². The molecule has 0 unspecified atom stereocenters. The molecule has 0 amide bonds. The van der Waals surface area contributed by atoms with E-state index in [0.29, 0.717) is 22.8 Å². The van der Waals surface area contributed by atoms with Crippen molar-refractivity contribution >= 4 is 11.8 Å². The van der Waals surface area contributed by atoms with E-state index < -0.39 is 5.97 Å². The molecule has 0 fully saturated rings. The number of phenols is 3. The molecule has 3 aromatic carbocycles. The normalized spacial score (nSPS) is 9.32. The molecular formula is C24H26O7. The highest BCUT2D eigenvalue weighted by molar-refractivity contribution is 5.84. The third-order valence-corrected chi connectivity index (χ3v) is 3.82. The fourth-order valence-corrected chi connectivity index (χ4v) is 2.28. The van der Waals surface area contributed by atoms with E-state index in [2.05, 4.69) is 0 Å². The summed E-state index contributed by atoms with van der Waals surface area (Å²) >= 11 is 0. The first-order valence-corrected chi connectivity index (χ1v) is 9.39. The van der Waals surface area contributed by atoms with Gasteiger partial charge >= 0.3 is 5.97 Å². The Morgan fingerprint density at radius 1 is 0.742 bits per heavy atom. The van der Waals surface area contributed by atoms with Gasteiger partial charge in [0.15, 0.2) is 11.5 Å². The van der Waals surface area contributed by atoms with Crippen LogP contribution >= 0.6 is 0 Å². The van der Waals surface area contributed by atoms with Gasteiger partial charge in [-0.05, 0) is 30.3 Å². The summed E-state index contributed by atoms with van der Waals surface area (Å²) in [6.07, 6.45) is -0.216. The van der Waals surface area contributed by atoms with Gasteiger partial charge in [-0.3, -0.25) is 9.59 Å². The number of carboxylic acid groups (broad SMARTS) is 1. The summed E-state index contributed by atoms with van der Waals surface area (Å²) < 4.78 is 4.91. The van der Waals surface area contributed by atoms with E-state index in [0.717, 1.165) is 0 Å². The van der Waals surface area contributed by atoms with Gasteiger partial charge in [0.2, 0.25) is 0 Å². The lowest BCUT2D eigenvalue weighted by Crippen LogP contribution is -2.06. The highest BCUT2D eigenvalue weighted by Crippen LogP contribution is 2.29. The third kappa shape index (κ3) is 10.9. The van der Waals surface area contributed by atoms with Gasteiger partial charge in [0, 0.05) is 18.4 Å². The number of rotatable bonds is 6. The van der Waals surface area contributed by atoms with E-state index in [-0.39, 0.29) is 30.8 Å². The lowest BCUT2D eigenvalue weighted by molar-refractivity contribution is -0.138. The number of ether oxygens (including phenoxy) is 1. The number of carbonyl (C=O) groups excluding carboxylic acids is 1. The van der Waals surface area contributed by atoms with Gasteiger partial charge in [-0.1, -0.05) is 48.5 Å². The number of benzene rings is 3. The number of carbonyl (C=O) groups is 2. The number of hydrogen-bond donors (Lipinski definition) is 4. The van der Waals surface area contributed by atoms with Gasteiger partial charge < -0.3 is 25.2 Å². The molecular weight excluding hydrogens is 400 g/mol. The van der Waals surface area contributed by atoms with E-state index in [9.17, 15) is 14.7 Å². The molecule has 0 aliphatic rings. The summed E-state index contributed by atoms with van der Waals surface area (Å²) in [4.78, 5) is 21.8. The van der Waals surface area contributed by atoms with Gasteiger partial charge in [-0.15, -0.1) is 0 Å². The number of methoxy groups -OCH3 is 1. The molecule has 0 radical (unpaired) electrons. The first-order chi connectivity index (χ1) is 14.8.